The highest BCUT2D eigenvalue weighted by Crippen LogP contribution is 2.38. The van der Waals surface area contributed by atoms with E-state index in [-0.39, 0.29) is 11.8 Å². The number of carbonyl (C=O) groups is 1. The van der Waals surface area contributed by atoms with Gasteiger partial charge in [0.2, 0.25) is 0 Å². The molecule has 0 aromatic heterocycles. The van der Waals surface area contributed by atoms with Gasteiger partial charge in [0.05, 0.1) is 0 Å². The Morgan fingerprint density at radius 2 is 2.11 bits per heavy atom. The molecule has 1 unspecified atom stereocenters. The second-order valence-electron chi connectivity index (χ2n) is 5.51. The van der Waals surface area contributed by atoms with Crippen LogP contribution >= 0.6 is 0 Å². The lowest BCUT2D eigenvalue weighted by atomic mass is 9.77. The summed E-state index contributed by atoms with van der Waals surface area (Å²) in [6.45, 7) is 1.99. The van der Waals surface area contributed by atoms with Crippen molar-refractivity contribution in [3.05, 3.63) is 35.4 Å². The molecule has 0 radical (unpaired) electrons. The molecule has 1 aliphatic carbocycles. The minimum Gasteiger partial charge on any atom is -0.328 e. The van der Waals surface area contributed by atoms with Gasteiger partial charge in [-0.15, -0.1) is 0 Å². The van der Waals surface area contributed by atoms with Gasteiger partial charge in [-0.3, -0.25) is 4.79 Å². The van der Waals surface area contributed by atoms with Gasteiger partial charge in [-0.1, -0.05) is 30.7 Å². The van der Waals surface area contributed by atoms with Crippen LogP contribution in [0, 0.1) is 0 Å². The van der Waals surface area contributed by atoms with Crippen molar-refractivity contribution in [2.24, 2.45) is 5.73 Å². The molecule has 18 heavy (non-hydrogen) atoms. The summed E-state index contributed by atoms with van der Waals surface area (Å²) >= 11 is 0. The van der Waals surface area contributed by atoms with Crippen LogP contribution < -0.4 is 5.73 Å². The van der Waals surface area contributed by atoms with E-state index in [1.54, 1.807) is 0 Å². The van der Waals surface area contributed by atoms with Gasteiger partial charge in [0.25, 0.3) is 0 Å². The largest absolute Gasteiger partial charge is 0.328 e. The smallest absolute Gasteiger partial charge is 0.163 e. The molecular formula is C16H23NO. The van der Waals surface area contributed by atoms with E-state index in [1.165, 1.54) is 24.8 Å². The zero-order valence-electron chi connectivity index (χ0n) is 11.2. The third-order valence-corrected chi connectivity index (χ3v) is 3.87. The minimum absolute atomic E-state index is 0.194. The Kier molecular flexibility index (Phi) is 4.54. The summed E-state index contributed by atoms with van der Waals surface area (Å²) < 4.78 is 0. The number of benzene rings is 1. The molecule has 2 N–H and O–H groups in total. The predicted molar refractivity (Wildman–Crippen MR) is 74.9 cm³/mol. The molecule has 0 aliphatic heterocycles. The van der Waals surface area contributed by atoms with Crippen LogP contribution in [0.5, 0.6) is 0 Å². The third kappa shape index (κ3) is 3.20. The van der Waals surface area contributed by atoms with E-state index in [2.05, 4.69) is 6.07 Å². The van der Waals surface area contributed by atoms with Gasteiger partial charge < -0.3 is 5.73 Å². The molecule has 1 saturated carbocycles. The van der Waals surface area contributed by atoms with Crippen LogP contribution in [-0.2, 0) is 0 Å². The van der Waals surface area contributed by atoms with Crippen LogP contribution in [0.3, 0.4) is 0 Å². The Morgan fingerprint density at radius 3 is 2.72 bits per heavy atom. The fourth-order valence-corrected chi connectivity index (χ4v) is 2.55. The van der Waals surface area contributed by atoms with Gasteiger partial charge in [-0.05, 0) is 44.1 Å². The fourth-order valence-electron chi connectivity index (χ4n) is 2.55. The van der Waals surface area contributed by atoms with Crippen LogP contribution in [0.15, 0.2) is 24.3 Å². The van der Waals surface area contributed by atoms with Crippen molar-refractivity contribution in [2.45, 2.75) is 57.4 Å². The summed E-state index contributed by atoms with van der Waals surface area (Å²) in [5, 5.41) is 0. The highest BCUT2D eigenvalue weighted by Gasteiger charge is 2.23. The van der Waals surface area contributed by atoms with Crippen LogP contribution in [0.4, 0.5) is 0 Å². The van der Waals surface area contributed by atoms with E-state index in [1.807, 2.05) is 25.1 Å². The van der Waals surface area contributed by atoms with Crippen molar-refractivity contribution in [1.29, 1.82) is 0 Å². The average Bonchev–Trinajstić information content (AvgIpc) is 2.27. The maximum Gasteiger partial charge on any atom is 0.163 e. The minimum atomic E-state index is 0.194. The van der Waals surface area contributed by atoms with E-state index in [4.69, 9.17) is 5.73 Å². The lowest BCUT2D eigenvalue weighted by Gasteiger charge is -2.27. The number of hydrogen-bond acceptors (Lipinski definition) is 2. The monoisotopic (exact) mass is 245 g/mol. The number of rotatable bonds is 6. The van der Waals surface area contributed by atoms with Gasteiger partial charge in [-0.25, -0.2) is 0 Å². The Bertz CT molecular complexity index is 407. The Morgan fingerprint density at radius 1 is 1.39 bits per heavy atom. The van der Waals surface area contributed by atoms with E-state index in [0.717, 1.165) is 18.4 Å². The molecular weight excluding hydrogens is 222 g/mol. The Hall–Kier alpha value is -1.15. The highest BCUT2D eigenvalue weighted by molar-refractivity contribution is 5.97. The van der Waals surface area contributed by atoms with Crippen molar-refractivity contribution in [1.82, 2.24) is 0 Å². The Balaban J connectivity index is 2.00. The van der Waals surface area contributed by atoms with E-state index in [0.29, 0.717) is 12.3 Å². The first kappa shape index (κ1) is 13.3. The third-order valence-electron chi connectivity index (χ3n) is 3.87. The van der Waals surface area contributed by atoms with Gasteiger partial charge in [-0.2, -0.15) is 0 Å². The van der Waals surface area contributed by atoms with Crippen molar-refractivity contribution in [3.63, 3.8) is 0 Å². The van der Waals surface area contributed by atoms with E-state index in [9.17, 15) is 4.79 Å². The lowest BCUT2D eigenvalue weighted by molar-refractivity contribution is 0.0977. The predicted octanol–water partition coefficient (Wildman–Crippen LogP) is 3.65. The zero-order valence-corrected chi connectivity index (χ0v) is 11.2. The van der Waals surface area contributed by atoms with E-state index >= 15 is 0 Å². The van der Waals surface area contributed by atoms with Crippen LogP contribution in [0.2, 0.25) is 0 Å². The second-order valence-corrected chi connectivity index (χ2v) is 5.51. The molecule has 2 rings (SSSR count). The summed E-state index contributed by atoms with van der Waals surface area (Å²) in [6.07, 6.45) is 6.24. The first-order valence-electron chi connectivity index (χ1n) is 7.06. The molecule has 0 bridgehead atoms. The first-order valence-corrected chi connectivity index (χ1v) is 7.06. The molecule has 1 atom stereocenters. The average molecular weight is 245 g/mol. The number of nitrogens with two attached hydrogens (primary N) is 1. The molecule has 1 aliphatic rings. The molecule has 0 heterocycles. The summed E-state index contributed by atoms with van der Waals surface area (Å²) in [5.41, 5.74) is 7.94. The number of carbonyl (C=O) groups excluding carboxylic acids is 1. The van der Waals surface area contributed by atoms with Gasteiger partial charge in [0.15, 0.2) is 5.78 Å². The standard InChI is InChI=1S/C16H23NO/c1-12(17)6-4-11-16(18)15-10-3-2-9-14(15)13-7-5-8-13/h2-3,9-10,12-13H,4-8,11,17H2,1H3. The van der Waals surface area contributed by atoms with Crippen molar-refractivity contribution in [3.8, 4) is 0 Å². The van der Waals surface area contributed by atoms with Gasteiger partial charge >= 0.3 is 0 Å². The van der Waals surface area contributed by atoms with Crippen LogP contribution in [0.25, 0.3) is 0 Å². The van der Waals surface area contributed by atoms with Crippen molar-refractivity contribution in [2.75, 3.05) is 0 Å². The summed E-state index contributed by atoms with van der Waals surface area (Å²) in [6, 6.07) is 8.33. The molecule has 0 saturated heterocycles. The van der Waals surface area contributed by atoms with Gasteiger partial charge in [0.1, 0.15) is 0 Å². The van der Waals surface area contributed by atoms with Crippen LogP contribution in [-0.4, -0.2) is 11.8 Å². The lowest BCUT2D eigenvalue weighted by Crippen LogP contribution is -2.16. The molecule has 1 fully saturated rings. The zero-order chi connectivity index (χ0) is 13.0. The normalized spacial score (nSPS) is 17.2. The van der Waals surface area contributed by atoms with Gasteiger partial charge in [0, 0.05) is 18.0 Å². The number of Topliss-reactive ketones (excluding diaryl/α,β-unsaturated/α-hetero) is 1. The summed E-state index contributed by atoms with van der Waals surface area (Å²) in [5.74, 6) is 0.914. The SMILES string of the molecule is CC(N)CCCC(=O)c1ccccc1C1CCC1. The Labute approximate surface area is 110 Å². The highest BCUT2D eigenvalue weighted by atomic mass is 16.1. The quantitative estimate of drug-likeness (QED) is 0.777. The maximum atomic E-state index is 12.3. The van der Waals surface area contributed by atoms with Crippen LogP contribution in [0.1, 0.15) is 67.3 Å². The molecule has 0 amide bonds. The summed E-state index contributed by atoms with van der Waals surface area (Å²) in [7, 11) is 0. The van der Waals surface area contributed by atoms with Crippen molar-refractivity contribution >= 4 is 5.78 Å². The molecule has 98 valence electrons. The second kappa shape index (κ2) is 6.14. The maximum absolute atomic E-state index is 12.3. The molecule has 2 nitrogen and oxygen atoms in total. The summed E-state index contributed by atoms with van der Waals surface area (Å²) in [4.78, 5) is 12.3. The molecule has 1 aromatic carbocycles. The number of ketones is 1. The van der Waals surface area contributed by atoms with E-state index < -0.39 is 0 Å². The molecule has 1 aromatic rings. The topological polar surface area (TPSA) is 43.1 Å². The first-order chi connectivity index (χ1) is 8.68. The molecule has 2 heteroatoms. The van der Waals surface area contributed by atoms with Crippen molar-refractivity contribution < 1.29 is 4.79 Å². The fraction of sp³-hybridized carbons (Fsp3) is 0.562. The number of hydrogen-bond donors (Lipinski definition) is 1. The molecule has 0 spiro atoms.